The number of halogens is 1. The Morgan fingerprint density at radius 1 is 1.20 bits per heavy atom. The summed E-state index contributed by atoms with van der Waals surface area (Å²) in [5.74, 6) is 0.0114. The molecule has 0 N–H and O–H groups in total. The third-order valence-corrected chi connectivity index (χ3v) is 3.10. The fraction of sp³-hybridized carbons (Fsp3) is 0.188. The van der Waals surface area contributed by atoms with Gasteiger partial charge in [-0.3, -0.25) is 4.79 Å². The Kier molecular flexibility index (Phi) is 4.35. The minimum atomic E-state index is -0.379. The van der Waals surface area contributed by atoms with E-state index in [4.69, 9.17) is 4.74 Å². The van der Waals surface area contributed by atoms with Gasteiger partial charge in [-0.15, -0.1) is 0 Å². The molecule has 104 valence electrons. The van der Waals surface area contributed by atoms with Gasteiger partial charge in [0.05, 0.1) is 13.5 Å². The highest BCUT2D eigenvalue weighted by molar-refractivity contribution is 5.94. The fourth-order valence-electron chi connectivity index (χ4n) is 1.96. The number of likely N-dealkylation sites (N-methyl/N-ethyl adjacent to an activating group) is 1. The van der Waals surface area contributed by atoms with Crippen LogP contribution in [0.15, 0.2) is 48.5 Å². The quantitative estimate of drug-likeness (QED) is 0.857. The second-order valence-electron chi connectivity index (χ2n) is 4.42. The molecule has 0 saturated heterocycles. The summed E-state index contributed by atoms with van der Waals surface area (Å²) in [4.78, 5) is 13.8. The molecule has 0 heterocycles. The predicted molar refractivity (Wildman–Crippen MR) is 76.5 cm³/mol. The molecule has 0 bridgehead atoms. The van der Waals surface area contributed by atoms with Gasteiger partial charge in [0.1, 0.15) is 11.6 Å². The summed E-state index contributed by atoms with van der Waals surface area (Å²) in [5.41, 5.74) is 1.34. The molecule has 2 aromatic carbocycles. The van der Waals surface area contributed by atoms with Crippen LogP contribution in [0.4, 0.5) is 10.1 Å². The van der Waals surface area contributed by atoms with Crippen LogP contribution in [-0.2, 0) is 11.2 Å². The Morgan fingerprint density at radius 2 is 1.90 bits per heavy atom. The van der Waals surface area contributed by atoms with Crippen molar-refractivity contribution >= 4 is 11.6 Å². The van der Waals surface area contributed by atoms with Gasteiger partial charge < -0.3 is 9.64 Å². The third kappa shape index (κ3) is 3.15. The lowest BCUT2D eigenvalue weighted by Gasteiger charge is -2.18. The van der Waals surface area contributed by atoms with Crippen LogP contribution in [0.2, 0.25) is 0 Å². The van der Waals surface area contributed by atoms with E-state index in [9.17, 15) is 9.18 Å². The lowest BCUT2D eigenvalue weighted by atomic mass is 10.1. The zero-order valence-electron chi connectivity index (χ0n) is 11.5. The average Bonchev–Trinajstić information content (AvgIpc) is 2.47. The van der Waals surface area contributed by atoms with Crippen LogP contribution in [0.5, 0.6) is 5.75 Å². The van der Waals surface area contributed by atoms with Crippen LogP contribution >= 0.6 is 0 Å². The summed E-state index contributed by atoms with van der Waals surface area (Å²) in [5, 5.41) is 0. The van der Waals surface area contributed by atoms with E-state index < -0.39 is 0 Å². The van der Waals surface area contributed by atoms with Crippen molar-refractivity contribution < 1.29 is 13.9 Å². The Labute approximate surface area is 117 Å². The topological polar surface area (TPSA) is 29.5 Å². The normalized spacial score (nSPS) is 10.2. The molecule has 0 aromatic heterocycles. The predicted octanol–water partition coefficient (Wildman–Crippen LogP) is 3.04. The maximum Gasteiger partial charge on any atom is 0.231 e. The van der Waals surface area contributed by atoms with Gasteiger partial charge in [0.2, 0.25) is 5.91 Å². The Morgan fingerprint density at radius 3 is 2.55 bits per heavy atom. The van der Waals surface area contributed by atoms with Crippen molar-refractivity contribution in [2.24, 2.45) is 0 Å². The lowest BCUT2D eigenvalue weighted by molar-refractivity contribution is -0.117. The molecule has 0 radical (unpaired) electrons. The molecular formula is C16H16FNO2. The standard InChI is InChI=1S/C16H16FNO2/c1-18(14-6-4-3-5-7-14)16(19)11-12-10-13(17)8-9-15(12)20-2/h3-10H,11H2,1-2H3. The Hall–Kier alpha value is -2.36. The number of carbonyl (C=O) groups is 1. The highest BCUT2D eigenvalue weighted by atomic mass is 19.1. The van der Waals surface area contributed by atoms with Crippen LogP contribution in [0.25, 0.3) is 0 Å². The van der Waals surface area contributed by atoms with Crippen LogP contribution in [0.1, 0.15) is 5.56 Å². The smallest absolute Gasteiger partial charge is 0.231 e. The van der Waals surface area contributed by atoms with Gasteiger partial charge in [0, 0.05) is 18.3 Å². The molecule has 0 unspecified atom stereocenters. The van der Waals surface area contributed by atoms with Gasteiger partial charge in [-0.2, -0.15) is 0 Å². The zero-order valence-corrected chi connectivity index (χ0v) is 11.5. The number of benzene rings is 2. The molecule has 0 aliphatic carbocycles. The van der Waals surface area contributed by atoms with Crippen molar-refractivity contribution in [3.05, 3.63) is 59.9 Å². The van der Waals surface area contributed by atoms with Crippen molar-refractivity contribution in [2.45, 2.75) is 6.42 Å². The number of para-hydroxylation sites is 1. The summed E-state index contributed by atoms with van der Waals surface area (Å²) < 4.78 is 18.4. The first-order valence-electron chi connectivity index (χ1n) is 6.26. The Bertz CT molecular complexity index is 599. The second kappa shape index (κ2) is 6.19. The summed E-state index contributed by atoms with van der Waals surface area (Å²) in [6.07, 6.45) is 0.0896. The van der Waals surface area contributed by atoms with Crippen LogP contribution < -0.4 is 9.64 Å². The van der Waals surface area contributed by atoms with E-state index in [1.807, 2.05) is 30.3 Å². The van der Waals surface area contributed by atoms with E-state index in [1.165, 1.54) is 25.3 Å². The molecule has 20 heavy (non-hydrogen) atoms. The first-order valence-corrected chi connectivity index (χ1v) is 6.26. The molecule has 0 fully saturated rings. The van der Waals surface area contributed by atoms with Crippen molar-refractivity contribution in [3.8, 4) is 5.75 Å². The second-order valence-corrected chi connectivity index (χ2v) is 4.42. The van der Waals surface area contributed by atoms with E-state index >= 15 is 0 Å². The van der Waals surface area contributed by atoms with Crippen molar-refractivity contribution in [1.29, 1.82) is 0 Å². The van der Waals surface area contributed by atoms with E-state index in [1.54, 1.807) is 11.9 Å². The molecule has 2 aromatic rings. The first kappa shape index (κ1) is 14.1. The number of methoxy groups -OCH3 is 1. The number of amides is 1. The molecule has 2 rings (SSSR count). The SMILES string of the molecule is COc1ccc(F)cc1CC(=O)N(C)c1ccccc1. The third-order valence-electron chi connectivity index (χ3n) is 3.10. The Balaban J connectivity index is 2.18. The summed E-state index contributed by atoms with van der Waals surface area (Å²) in [6, 6.07) is 13.5. The van der Waals surface area contributed by atoms with Gasteiger partial charge in [-0.1, -0.05) is 18.2 Å². The summed E-state index contributed by atoms with van der Waals surface area (Å²) >= 11 is 0. The molecule has 0 aliphatic rings. The number of carbonyl (C=O) groups excluding carboxylic acids is 1. The van der Waals surface area contributed by atoms with E-state index in [0.717, 1.165) is 5.69 Å². The maximum absolute atomic E-state index is 13.3. The molecule has 1 amide bonds. The average molecular weight is 273 g/mol. The molecule has 0 atom stereocenters. The minimum absolute atomic E-state index is 0.0896. The van der Waals surface area contributed by atoms with E-state index in [-0.39, 0.29) is 18.1 Å². The number of hydrogen-bond acceptors (Lipinski definition) is 2. The number of anilines is 1. The highest BCUT2D eigenvalue weighted by Gasteiger charge is 2.14. The molecule has 3 nitrogen and oxygen atoms in total. The van der Waals surface area contributed by atoms with Crippen LogP contribution in [0.3, 0.4) is 0 Å². The van der Waals surface area contributed by atoms with Gasteiger partial charge in [-0.25, -0.2) is 4.39 Å². The van der Waals surface area contributed by atoms with Crippen molar-refractivity contribution in [3.63, 3.8) is 0 Å². The van der Waals surface area contributed by atoms with E-state index in [0.29, 0.717) is 11.3 Å². The van der Waals surface area contributed by atoms with Gasteiger partial charge in [-0.05, 0) is 30.3 Å². The molecule has 0 aliphatic heterocycles. The molecule has 0 saturated carbocycles. The van der Waals surface area contributed by atoms with Gasteiger partial charge in [0.25, 0.3) is 0 Å². The zero-order chi connectivity index (χ0) is 14.5. The van der Waals surface area contributed by atoms with Crippen LogP contribution in [-0.4, -0.2) is 20.1 Å². The van der Waals surface area contributed by atoms with Gasteiger partial charge in [0.15, 0.2) is 0 Å². The van der Waals surface area contributed by atoms with Gasteiger partial charge >= 0.3 is 0 Å². The van der Waals surface area contributed by atoms with E-state index in [2.05, 4.69) is 0 Å². The maximum atomic E-state index is 13.3. The van der Waals surface area contributed by atoms with Crippen molar-refractivity contribution in [1.82, 2.24) is 0 Å². The largest absolute Gasteiger partial charge is 0.496 e. The number of ether oxygens (including phenoxy) is 1. The number of hydrogen-bond donors (Lipinski definition) is 0. The number of rotatable bonds is 4. The molecule has 0 spiro atoms. The summed E-state index contributed by atoms with van der Waals surface area (Å²) in [7, 11) is 3.20. The highest BCUT2D eigenvalue weighted by Crippen LogP contribution is 2.21. The molecular weight excluding hydrogens is 257 g/mol. The summed E-state index contributed by atoms with van der Waals surface area (Å²) in [6.45, 7) is 0. The monoisotopic (exact) mass is 273 g/mol. The minimum Gasteiger partial charge on any atom is -0.496 e. The molecule has 4 heteroatoms. The van der Waals surface area contributed by atoms with Crippen molar-refractivity contribution in [2.75, 3.05) is 19.1 Å². The fourth-order valence-corrected chi connectivity index (χ4v) is 1.96. The van der Waals surface area contributed by atoms with Crippen LogP contribution in [0, 0.1) is 5.82 Å². The first-order chi connectivity index (χ1) is 9.61. The number of nitrogens with zero attached hydrogens (tertiary/aromatic N) is 1. The lowest BCUT2D eigenvalue weighted by Crippen LogP contribution is -2.27.